The summed E-state index contributed by atoms with van der Waals surface area (Å²) in [5.41, 5.74) is 7.75. The summed E-state index contributed by atoms with van der Waals surface area (Å²) in [6, 6.07) is 0. The molecule has 6 heteroatoms. The van der Waals surface area contributed by atoms with E-state index in [0.29, 0.717) is 19.1 Å². The van der Waals surface area contributed by atoms with Gasteiger partial charge >= 0.3 is 0 Å². The van der Waals surface area contributed by atoms with E-state index < -0.39 is 0 Å². The minimum absolute atomic E-state index is 0.297. The second-order valence-corrected chi connectivity index (χ2v) is 5.25. The zero-order valence-corrected chi connectivity index (χ0v) is 13.6. The van der Waals surface area contributed by atoms with Crippen molar-refractivity contribution in [2.24, 2.45) is 5.73 Å². The molecule has 0 spiro atoms. The SMILES string of the molecule is COCCCN(CCOC)c1cnc(C(C)C)nc1CN. The standard InChI is InChI=1S/C15H28N4O2/c1-12(2)15-17-11-14(13(10-16)18-15)19(7-9-21-4)6-5-8-20-3/h11-12H,5-10,16H2,1-4H3. The zero-order chi connectivity index (χ0) is 15.7. The molecule has 0 aromatic carbocycles. The Hall–Kier alpha value is -1.24. The van der Waals surface area contributed by atoms with Crippen molar-refractivity contribution >= 4 is 5.69 Å². The molecule has 0 aliphatic rings. The van der Waals surface area contributed by atoms with Gasteiger partial charge in [0, 0.05) is 46.4 Å². The van der Waals surface area contributed by atoms with Crippen molar-refractivity contribution in [1.82, 2.24) is 9.97 Å². The van der Waals surface area contributed by atoms with E-state index in [1.807, 2.05) is 6.20 Å². The lowest BCUT2D eigenvalue weighted by Crippen LogP contribution is -2.31. The molecule has 0 radical (unpaired) electrons. The molecule has 0 saturated carbocycles. The van der Waals surface area contributed by atoms with Gasteiger partial charge < -0.3 is 20.1 Å². The Labute approximate surface area is 127 Å². The van der Waals surface area contributed by atoms with Crippen LogP contribution in [0.4, 0.5) is 5.69 Å². The highest BCUT2D eigenvalue weighted by atomic mass is 16.5. The van der Waals surface area contributed by atoms with Crippen molar-refractivity contribution in [2.75, 3.05) is 45.4 Å². The molecule has 0 amide bonds. The highest BCUT2D eigenvalue weighted by molar-refractivity contribution is 5.49. The highest BCUT2D eigenvalue weighted by Gasteiger charge is 2.14. The van der Waals surface area contributed by atoms with Crippen LogP contribution in [-0.4, -0.2) is 50.5 Å². The third-order valence-electron chi connectivity index (χ3n) is 3.26. The maximum atomic E-state index is 5.87. The maximum Gasteiger partial charge on any atom is 0.131 e. The molecular weight excluding hydrogens is 268 g/mol. The Morgan fingerprint density at radius 1 is 1.19 bits per heavy atom. The van der Waals surface area contributed by atoms with Crippen LogP contribution >= 0.6 is 0 Å². The number of anilines is 1. The topological polar surface area (TPSA) is 73.5 Å². The van der Waals surface area contributed by atoms with Gasteiger partial charge in [-0.3, -0.25) is 0 Å². The fourth-order valence-electron chi connectivity index (χ4n) is 2.07. The first kappa shape index (κ1) is 17.8. The van der Waals surface area contributed by atoms with Crippen LogP contribution in [0.2, 0.25) is 0 Å². The lowest BCUT2D eigenvalue weighted by molar-refractivity contribution is 0.191. The molecule has 2 N–H and O–H groups in total. The third-order valence-corrected chi connectivity index (χ3v) is 3.26. The molecule has 0 atom stereocenters. The van der Waals surface area contributed by atoms with Crippen LogP contribution in [0.5, 0.6) is 0 Å². The van der Waals surface area contributed by atoms with Gasteiger partial charge in [0.05, 0.1) is 24.2 Å². The largest absolute Gasteiger partial charge is 0.385 e. The Kier molecular flexibility index (Phi) is 8.19. The Balaban J connectivity index is 2.93. The van der Waals surface area contributed by atoms with Crippen LogP contribution in [0, 0.1) is 0 Å². The summed E-state index contributed by atoms with van der Waals surface area (Å²) in [4.78, 5) is 11.3. The maximum absolute atomic E-state index is 5.87. The molecule has 1 heterocycles. The lowest BCUT2D eigenvalue weighted by Gasteiger charge is -2.26. The van der Waals surface area contributed by atoms with Crippen LogP contribution < -0.4 is 10.6 Å². The predicted octanol–water partition coefficient (Wildman–Crippen LogP) is 1.55. The summed E-state index contributed by atoms with van der Waals surface area (Å²) in [6.45, 7) is 7.61. The van der Waals surface area contributed by atoms with Gasteiger partial charge in [-0.1, -0.05) is 13.8 Å². The van der Waals surface area contributed by atoms with E-state index in [-0.39, 0.29) is 0 Å². The van der Waals surface area contributed by atoms with Crippen molar-refractivity contribution in [3.05, 3.63) is 17.7 Å². The van der Waals surface area contributed by atoms with E-state index >= 15 is 0 Å². The normalized spacial score (nSPS) is 11.1. The third kappa shape index (κ3) is 5.57. The number of methoxy groups -OCH3 is 2. The monoisotopic (exact) mass is 296 g/mol. The lowest BCUT2D eigenvalue weighted by atomic mass is 10.2. The van der Waals surface area contributed by atoms with Gasteiger partial charge in [0.25, 0.3) is 0 Å². The van der Waals surface area contributed by atoms with E-state index in [1.54, 1.807) is 14.2 Å². The Bertz CT molecular complexity index is 413. The fourth-order valence-corrected chi connectivity index (χ4v) is 2.07. The summed E-state index contributed by atoms with van der Waals surface area (Å²) in [7, 11) is 3.42. The van der Waals surface area contributed by atoms with Crippen molar-refractivity contribution in [3.63, 3.8) is 0 Å². The molecule has 0 fully saturated rings. The fraction of sp³-hybridized carbons (Fsp3) is 0.733. The van der Waals surface area contributed by atoms with E-state index in [2.05, 4.69) is 28.7 Å². The van der Waals surface area contributed by atoms with Crippen LogP contribution in [-0.2, 0) is 16.0 Å². The first-order valence-electron chi connectivity index (χ1n) is 7.42. The molecule has 6 nitrogen and oxygen atoms in total. The van der Waals surface area contributed by atoms with Gasteiger partial charge in [0.15, 0.2) is 0 Å². The first-order chi connectivity index (χ1) is 10.1. The molecule has 120 valence electrons. The van der Waals surface area contributed by atoms with Gasteiger partial charge in [-0.2, -0.15) is 0 Å². The average molecular weight is 296 g/mol. The summed E-state index contributed by atoms with van der Waals surface area (Å²) in [5, 5.41) is 0. The summed E-state index contributed by atoms with van der Waals surface area (Å²) >= 11 is 0. The van der Waals surface area contributed by atoms with Crippen LogP contribution in [0.15, 0.2) is 6.20 Å². The number of rotatable bonds is 10. The number of ether oxygens (including phenoxy) is 2. The number of nitrogens with two attached hydrogens (primary N) is 1. The summed E-state index contributed by atoms with van der Waals surface area (Å²) < 4.78 is 10.3. The smallest absolute Gasteiger partial charge is 0.131 e. The number of hydrogen-bond acceptors (Lipinski definition) is 6. The van der Waals surface area contributed by atoms with Crippen LogP contribution in [0.25, 0.3) is 0 Å². The van der Waals surface area contributed by atoms with Crippen molar-refractivity contribution in [3.8, 4) is 0 Å². The number of aromatic nitrogens is 2. The van der Waals surface area contributed by atoms with Crippen molar-refractivity contribution in [2.45, 2.75) is 32.7 Å². The first-order valence-corrected chi connectivity index (χ1v) is 7.42. The minimum atomic E-state index is 0.297. The number of hydrogen-bond donors (Lipinski definition) is 1. The quantitative estimate of drug-likeness (QED) is 0.660. The number of nitrogens with zero attached hydrogens (tertiary/aromatic N) is 3. The molecule has 0 saturated heterocycles. The van der Waals surface area contributed by atoms with E-state index in [1.165, 1.54) is 0 Å². The summed E-state index contributed by atoms with van der Waals surface area (Å²) in [5.74, 6) is 1.13. The Morgan fingerprint density at radius 2 is 1.90 bits per heavy atom. The summed E-state index contributed by atoms with van der Waals surface area (Å²) in [6.07, 6.45) is 2.82. The van der Waals surface area contributed by atoms with Gasteiger partial charge in [-0.15, -0.1) is 0 Å². The predicted molar refractivity (Wildman–Crippen MR) is 84.6 cm³/mol. The van der Waals surface area contributed by atoms with E-state index in [4.69, 9.17) is 15.2 Å². The van der Waals surface area contributed by atoms with Gasteiger partial charge in [0.2, 0.25) is 0 Å². The van der Waals surface area contributed by atoms with E-state index in [9.17, 15) is 0 Å². The zero-order valence-electron chi connectivity index (χ0n) is 13.6. The van der Waals surface area contributed by atoms with Gasteiger partial charge in [-0.25, -0.2) is 9.97 Å². The molecule has 0 aliphatic heterocycles. The van der Waals surface area contributed by atoms with Crippen LogP contribution in [0.1, 0.15) is 37.7 Å². The molecule has 1 rings (SSSR count). The highest BCUT2D eigenvalue weighted by Crippen LogP contribution is 2.20. The molecule has 1 aromatic rings. The Morgan fingerprint density at radius 3 is 2.48 bits per heavy atom. The molecule has 0 unspecified atom stereocenters. The second-order valence-electron chi connectivity index (χ2n) is 5.25. The molecule has 1 aromatic heterocycles. The molecular formula is C15H28N4O2. The van der Waals surface area contributed by atoms with Crippen molar-refractivity contribution < 1.29 is 9.47 Å². The molecule has 0 aliphatic carbocycles. The molecule has 0 bridgehead atoms. The van der Waals surface area contributed by atoms with Crippen molar-refractivity contribution in [1.29, 1.82) is 0 Å². The minimum Gasteiger partial charge on any atom is -0.385 e. The average Bonchev–Trinajstić information content (AvgIpc) is 2.50. The van der Waals surface area contributed by atoms with Gasteiger partial charge in [-0.05, 0) is 6.42 Å². The van der Waals surface area contributed by atoms with E-state index in [0.717, 1.165) is 43.3 Å². The van der Waals surface area contributed by atoms with Crippen LogP contribution in [0.3, 0.4) is 0 Å². The second kappa shape index (κ2) is 9.65. The molecule has 21 heavy (non-hydrogen) atoms. The van der Waals surface area contributed by atoms with Gasteiger partial charge in [0.1, 0.15) is 5.82 Å².